The fourth-order valence-corrected chi connectivity index (χ4v) is 5.48. The highest BCUT2D eigenvalue weighted by Gasteiger charge is 2.48. The summed E-state index contributed by atoms with van der Waals surface area (Å²) in [5.41, 5.74) is 0. The van der Waals surface area contributed by atoms with E-state index < -0.39 is 8.80 Å². The average molecular weight is 347 g/mol. The minimum absolute atomic E-state index is 0.0398. The number of rotatable bonds is 14. The molecular weight excluding hydrogens is 312 g/mol. The topological polar surface area (TPSA) is 49.5 Å². The maximum Gasteiger partial charge on any atom is 0.535 e. The van der Waals surface area contributed by atoms with Crippen molar-refractivity contribution in [3.63, 3.8) is 0 Å². The van der Waals surface area contributed by atoms with Crippen LogP contribution in [0.4, 0.5) is 0 Å². The number of allylic oxidation sites excluding steroid dienone is 1. The van der Waals surface area contributed by atoms with E-state index in [1.165, 1.54) is 0 Å². The summed E-state index contributed by atoms with van der Waals surface area (Å²) in [6.45, 7) is 13.4. The normalized spacial score (nSPS) is 19.9. The fourth-order valence-electron chi connectivity index (χ4n) is 2.51. The van der Waals surface area contributed by atoms with Crippen molar-refractivity contribution in [3.05, 3.63) is 11.3 Å². The van der Waals surface area contributed by atoms with Crippen molar-refractivity contribution in [3.8, 4) is 0 Å². The third kappa shape index (κ3) is 6.64. The Bertz CT molecular complexity index is 327. The van der Waals surface area contributed by atoms with Crippen molar-refractivity contribution in [2.45, 2.75) is 66.1 Å². The Morgan fingerprint density at radius 1 is 1.09 bits per heavy atom. The average Bonchev–Trinajstić information content (AvgIpc) is 3.35. The summed E-state index contributed by atoms with van der Waals surface area (Å²) in [6.07, 6.45) is 5.33. The van der Waals surface area contributed by atoms with Crippen LogP contribution in [0.5, 0.6) is 0 Å². The van der Waals surface area contributed by atoms with Gasteiger partial charge < -0.3 is 22.8 Å². The number of hydrogen-bond acceptors (Lipinski definition) is 5. The van der Waals surface area contributed by atoms with E-state index in [0.29, 0.717) is 26.4 Å². The van der Waals surface area contributed by atoms with Crippen molar-refractivity contribution >= 4 is 8.80 Å². The number of ether oxygens (including phenoxy) is 2. The fraction of sp³-hybridized carbons (Fsp3) is 0.882. The molecular formula is C17H34O5Si. The summed E-state index contributed by atoms with van der Waals surface area (Å²) in [6, 6.07) is 0. The van der Waals surface area contributed by atoms with Gasteiger partial charge in [0.05, 0.1) is 19.3 Å². The zero-order chi connectivity index (χ0) is 17.1. The zero-order valence-electron chi connectivity index (χ0n) is 15.4. The molecule has 6 heteroatoms. The molecule has 0 aromatic carbocycles. The molecule has 0 N–H and O–H groups in total. The van der Waals surface area contributed by atoms with E-state index in [0.717, 1.165) is 31.1 Å². The number of hydrogen-bond donors (Lipinski definition) is 0. The first-order valence-corrected chi connectivity index (χ1v) is 10.7. The summed E-state index contributed by atoms with van der Waals surface area (Å²) in [7, 11) is -2.90. The van der Waals surface area contributed by atoms with Gasteiger partial charge in [0.15, 0.2) is 0 Å². The van der Waals surface area contributed by atoms with Crippen LogP contribution in [0.15, 0.2) is 11.3 Å². The Labute approximate surface area is 142 Å². The van der Waals surface area contributed by atoms with Crippen LogP contribution >= 0.6 is 0 Å². The van der Waals surface area contributed by atoms with Gasteiger partial charge in [-0.15, -0.1) is 0 Å². The molecule has 1 saturated heterocycles. The SMILES string of the molecule is CCCC=C(C(CC)OCC1CO1)[Si](OCC)(OCC)OCC. The van der Waals surface area contributed by atoms with Crippen LogP contribution in [0.3, 0.4) is 0 Å². The molecule has 1 rings (SSSR count). The highest BCUT2D eigenvalue weighted by Crippen LogP contribution is 2.28. The lowest BCUT2D eigenvalue weighted by Crippen LogP contribution is -2.52. The van der Waals surface area contributed by atoms with E-state index in [1.54, 1.807) is 0 Å². The first kappa shape index (κ1) is 20.8. The van der Waals surface area contributed by atoms with Gasteiger partial charge in [-0.05, 0) is 33.6 Å². The Morgan fingerprint density at radius 3 is 2.04 bits per heavy atom. The molecule has 5 nitrogen and oxygen atoms in total. The molecule has 0 saturated carbocycles. The summed E-state index contributed by atoms with van der Waals surface area (Å²) in [5, 5.41) is 1.08. The molecule has 0 radical (unpaired) electrons. The quantitative estimate of drug-likeness (QED) is 0.356. The lowest BCUT2D eigenvalue weighted by atomic mass is 10.2. The predicted molar refractivity (Wildman–Crippen MR) is 93.4 cm³/mol. The Morgan fingerprint density at radius 2 is 1.65 bits per heavy atom. The third-order valence-electron chi connectivity index (χ3n) is 3.61. The van der Waals surface area contributed by atoms with Crippen LogP contribution in [-0.4, -0.2) is 54.0 Å². The minimum atomic E-state index is -2.90. The standard InChI is InChI=1S/C17H34O5Si/c1-6-11-12-17(16(7-2)19-14-15-13-18-15)23(20-8-3,21-9-4)22-10-5/h12,15-16H,6-11,13-14H2,1-5H3. The van der Waals surface area contributed by atoms with Crippen LogP contribution in [0.2, 0.25) is 0 Å². The zero-order valence-corrected chi connectivity index (χ0v) is 16.4. The van der Waals surface area contributed by atoms with Crippen LogP contribution in [0.1, 0.15) is 53.9 Å². The Balaban J connectivity index is 3.03. The molecule has 23 heavy (non-hydrogen) atoms. The van der Waals surface area contributed by atoms with Gasteiger partial charge in [0.1, 0.15) is 6.10 Å². The van der Waals surface area contributed by atoms with Crippen molar-refractivity contribution in [2.24, 2.45) is 0 Å². The molecule has 1 heterocycles. The molecule has 1 fully saturated rings. The number of unbranched alkanes of at least 4 members (excludes halogenated alkanes) is 1. The summed E-state index contributed by atoms with van der Waals surface area (Å²) < 4.78 is 29.7. The summed E-state index contributed by atoms with van der Waals surface area (Å²) in [5.74, 6) is 0. The number of epoxide rings is 1. The molecule has 0 bridgehead atoms. The van der Waals surface area contributed by atoms with E-state index in [2.05, 4.69) is 19.9 Å². The highest BCUT2D eigenvalue weighted by atomic mass is 28.4. The molecule has 0 amide bonds. The molecule has 136 valence electrons. The van der Waals surface area contributed by atoms with Gasteiger partial charge in [-0.2, -0.15) is 0 Å². The molecule has 0 aliphatic carbocycles. The van der Waals surface area contributed by atoms with E-state index in [4.69, 9.17) is 22.8 Å². The molecule has 1 aliphatic heterocycles. The van der Waals surface area contributed by atoms with Crippen LogP contribution in [0, 0.1) is 0 Å². The van der Waals surface area contributed by atoms with Crippen LogP contribution < -0.4 is 0 Å². The summed E-state index contributed by atoms with van der Waals surface area (Å²) in [4.78, 5) is 0. The van der Waals surface area contributed by atoms with E-state index in [9.17, 15) is 0 Å². The lowest BCUT2D eigenvalue weighted by molar-refractivity contribution is 0.0399. The maximum atomic E-state index is 6.12. The third-order valence-corrected chi connectivity index (χ3v) is 6.85. The van der Waals surface area contributed by atoms with Crippen LogP contribution in [-0.2, 0) is 22.8 Å². The second-order valence-electron chi connectivity index (χ2n) is 5.49. The molecule has 0 aromatic heterocycles. The second-order valence-corrected chi connectivity index (χ2v) is 8.04. The second kappa shape index (κ2) is 11.3. The maximum absolute atomic E-state index is 6.12. The highest BCUT2D eigenvalue weighted by molar-refractivity contribution is 6.69. The molecule has 2 atom stereocenters. The first-order valence-electron chi connectivity index (χ1n) is 9.02. The van der Waals surface area contributed by atoms with Gasteiger partial charge in [-0.25, -0.2) is 0 Å². The minimum Gasteiger partial charge on any atom is -0.371 e. The summed E-state index contributed by atoms with van der Waals surface area (Å²) >= 11 is 0. The van der Waals surface area contributed by atoms with Crippen molar-refractivity contribution in [1.82, 2.24) is 0 Å². The van der Waals surface area contributed by atoms with Gasteiger partial charge in [0, 0.05) is 25.0 Å². The van der Waals surface area contributed by atoms with E-state index in [-0.39, 0.29) is 12.2 Å². The van der Waals surface area contributed by atoms with Gasteiger partial charge in [0.2, 0.25) is 0 Å². The Hall–Kier alpha value is -0.243. The lowest BCUT2D eigenvalue weighted by Gasteiger charge is -2.34. The van der Waals surface area contributed by atoms with Crippen molar-refractivity contribution in [2.75, 3.05) is 33.0 Å². The van der Waals surface area contributed by atoms with Gasteiger partial charge in [-0.3, -0.25) is 0 Å². The molecule has 0 aromatic rings. The monoisotopic (exact) mass is 346 g/mol. The predicted octanol–water partition coefficient (Wildman–Crippen LogP) is 3.49. The Kier molecular flexibility index (Phi) is 10.3. The largest absolute Gasteiger partial charge is 0.535 e. The van der Waals surface area contributed by atoms with Crippen molar-refractivity contribution in [1.29, 1.82) is 0 Å². The smallest absolute Gasteiger partial charge is 0.371 e. The van der Waals surface area contributed by atoms with E-state index in [1.807, 2.05) is 20.8 Å². The van der Waals surface area contributed by atoms with Gasteiger partial charge >= 0.3 is 8.80 Å². The van der Waals surface area contributed by atoms with Crippen LogP contribution in [0.25, 0.3) is 0 Å². The van der Waals surface area contributed by atoms with Gasteiger partial charge in [-0.1, -0.05) is 26.3 Å². The molecule has 1 aliphatic rings. The first-order chi connectivity index (χ1) is 11.2. The van der Waals surface area contributed by atoms with Gasteiger partial charge in [0.25, 0.3) is 0 Å². The molecule has 0 spiro atoms. The van der Waals surface area contributed by atoms with Crippen molar-refractivity contribution < 1.29 is 22.8 Å². The van der Waals surface area contributed by atoms with E-state index >= 15 is 0 Å². The molecule has 2 unspecified atom stereocenters.